The van der Waals surface area contributed by atoms with Gasteiger partial charge in [-0.2, -0.15) is 0 Å². The van der Waals surface area contributed by atoms with Crippen LogP contribution in [-0.2, 0) is 0 Å². The molecule has 9 heteroatoms. The van der Waals surface area contributed by atoms with E-state index in [0.29, 0.717) is 24.7 Å². The van der Waals surface area contributed by atoms with Gasteiger partial charge >= 0.3 is 0 Å². The van der Waals surface area contributed by atoms with Crippen LogP contribution in [0, 0.1) is 0 Å². The van der Waals surface area contributed by atoms with Gasteiger partial charge < -0.3 is 10.1 Å². The monoisotopic (exact) mass is 277 g/mol. The Morgan fingerprint density at radius 1 is 1.37 bits per heavy atom. The smallest absolute Gasteiger partial charge is 0.229 e. The summed E-state index contributed by atoms with van der Waals surface area (Å²) in [6.45, 7) is 0.965. The highest BCUT2D eigenvalue weighted by Gasteiger charge is 1.99. The molecule has 98 valence electrons. The van der Waals surface area contributed by atoms with Crippen LogP contribution < -0.4 is 10.1 Å². The number of nitrogens with zero attached hydrogens (tertiary/aromatic N) is 6. The second kappa shape index (κ2) is 7.14. The van der Waals surface area contributed by atoms with Crippen LogP contribution in [0.4, 0.5) is 10.8 Å². The van der Waals surface area contributed by atoms with Crippen LogP contribution in [0.2, 0.25) is 0 Å². The highest BCUT2D eigenvalue weighted by Crippen LogP contribution is 2.19. The number of azide groups is 1. The van der Waals surface area contributed by atoms with Crippen LogP contribution in [0.15, 0.2) is 29.4 Å². The highest BCUT2D eigenvalue weighted by atomic mass is 32.1. The average molecular weight is 277 g/mol. The van der Waals surface area contributed by atoms with Gasteiger partial charge in [0.25, 0.3) is 0 Å². The molecule has 0 unspecified atom stereocenters. The fourth-order valence-electron chi connectivity index (χ4n) is 1.31. The number of aromatic nitrogens is 3. The van der Waals surface area contributed by atoms with Gasteiger partial charge in [0.05, 0.1) is 6.61 Å². The van der Waals surface area contributed by atoms with Crippen LogP contribution in [0.5, 0.6) is 5.75 Å². The molecule has 1 aromatic heterocycles. The third-order valence-electron chi connectivity index (χ3n) is 2.14. The molecule has 8 nitrogen and oxygen atoms in total. The lowest BCUT2D eigenvalue weighted by Gasteiger charge is -2.06. The summed E-state index contributed by atoms with van der Waals surface area (Å²) in [4.78, 5) is 2.67. The SMILES string of the molecule is [N-]=[N+]=NCCCOc1ccc(Nc2nnns2)cc1. The van der Waals surface area contributed by atoms with Gasteiger partial charge in [0, 0.05) is 28.7 Å². The van der Waals surface area contributed by atoms with E-state index >= 15 is 0 Å². The van der Waals surface area contributed by atoms with E-state index in [0.717, 1.165) is 11.4 Å². The lowest BCUT2D eigenvalue weighted by Crippen LogP contribution is -1.98. The van der Waals surface area contributed by atoms with E-state index in [9.17, 15) is 0 Å². The number of nitrogens with one attached hydrogen (secondary N) is 1. The minimum absolute atomic E-state index is 0.445. The molecule has 0 bridgehead atoms. The number of hydrogen-bond donors (Lipinski definition) is 1. The van der Waals surface area contributed by atoms with Crippen LogP contribution in [0.25, 0.3) is 10.4 Å². The zero-order chi connectivity index (χ0) is 13.3. The minimum atomic E-state index is 0.445. The molecule has 0 radical (unpaired) electrons. The maximum atomic E-state index is 8.12. The van der Waals surface area contributed by atoms with Gasteiger partial charge in [0.2, 0.25) is 5.13 Å². The first-order valence-electron chi connectivity index (χ1n) is 5.54. The molecule has 0 fully saturated rings. The van der Waals surface area contributed by atoms with Gasteiger partial charge in [0.1, 0.15) is 5.75 Å². The van der Waals surface area contributed by atoms with E-state index in [1.165, 1.54) is 11.5 Å². The molecule has 2 rings (SSSR count). The summed E-state index contributed by atoms with van der Waals surface area (Å²) in [5, 5.41) is 14.4. The molecule has 0 amide bonds. The van der Waals surface area contributed by atoms with Crippen molar-refractivity contribution in [2.75, 3.05) is 18.5 Å². The molecule has 1 heterocycles. The molecule has 2 aromatic rings. The summed E-state index contributed by atoms with van der Waals surface area (Å²) in [6, 6.07) is 7.46. The molecular formula is C10H11N7OS. The highest BCUT2D eigenvalue weighted by molar-refractivity contribution is 7.09. The minimum Gasteiger partial charge on any atom is -0.494 e. The molecular weight excluding hydrogens is 266 g/mol. The number of anilines is 2. The number of hydrogen-bond acceptors (Lipinski definition) is 7. The van der Waals surface area contributed by atoms with Crippen LogP contribution in [0.1, 0.15) is 6.42 Å². The van der Waals surface area contributed by atoms with Crippen molar-refractivity contribution in [3.63, 3.8) is 0 Å². The van der Waals surface area contributed by atoms with E-state index in [1.54, 1.807) is 0 Å². The van der Waals surface area contributed by atoms with Crippen LogP contribution in [0.3, 0.4) is 0 Å². The third-order valence-corrected chi connectivity index (χ3v) is 2.65. The fraction of sp³-hybridized carbons (Fsp3) is 0.300. The quantitative estimate of drug-likeness (QED) is 0.362. The van der Waals surface area contributed by atoms with Gasteiger partial charge in [-0.1, -0.05) is 14.7 Å². The van der Waals surface area contributed by atoms with Crippen molar-refractivity contribution in [1.29, 1.82) is 0 Å². The van der Waals surface area contributed by atoms with Crippen molar-refractivity contribution in [3.05, 3.63) is 34.7 Å². The summed E-state index contributed by atoms with van der Waals surface area (Å²) >= 11 is 1.19. The van der Waals surface area contributed by atoms with Crippen LogP contribution >= 0.6 is 11.5 Å². The van der Waals surface area contributed by atoms with Crippen molar-refractivity contribution in [2.24, 2.45) is 5.11 Å². The lowest BCUT2D eigenvalue weighted by molar-refractivity contribution is 0.313. The van der Waals surface area contributed by atoms with Crippen molar-refractivity contribution in [3.8, 4) is 5.75 Å². The fourth-order valence-corrected chi connectivity index (χ4v) is 1.70. The van der Waals surface area contributed by atoms with Crippen molar-refractivity contribution in [1.82, 2.24) is 14.8 Å². The number of ether oxygens (including phenoxy) is 1. The molecule has 0 aliphatic carbocycles. The molecule has 1 N–H and O–H groups in total. The summed E-state index contributed by atoms with van der Waals surface area (Å²) in [6.07, 6.45) is 0.695. The Kier molecular flexibility index (Phi) is 4.91. The molecule has 19 heavy (non-hydrogen) atoms. The molecule has 0 atom stereocenters. The predicted molar refractivity (Wildman–Crippen MR) is 71.6 cm³/mol. The Labute approximate surface area is 113 Å². The first-order valence-corrected chi connectivity index (χ1v) is 6.31. The summed E-state index contributed by atoms with van der Waals surface area (Å²) in [7, 11) is 0. The maximum Gasteiger partial charge on any atom is 0.229 e. The van der Waals surface area contributed by atoms with E-state index in [4.69, 9.17) is 10.3 Å². The van der Waals surface area contributed by atoms with Gasteiger partial charge in [-0.3, -0.25) is 0 Å². The Balaban J connectivity index is 1.79. The molecule has 0 saturated heterocycles. The van der Waals surface area contributed by atoms with Gasteiger partial charge in [-0.25, -0.2) is 0 Å². The standard InChI is InChI=1S/C10H11N7OS/c11-15-12-6-1-7-18-9-4-2-8(3-5-9)13-10-14-16-17-19-10/h2-5H,1,6-7H2,(H,13,14,17). The Bertz CT molecular complexity index is 536. The van der Waals surface area contributed by atoms with Gasteiger partial charge in [0.15, 0.2) is 0 Å². The molecule has 0 saturated carbocycles. The van der Waals surface area contributed by atoms with E-state index < -0.39 is 0 Å². The van der Waals surface area contributed by atoms with Gasteiger partial charge in [-0.15, -0.1) is 0 Å². The van der Waals surface area contributed by atoms with Crippen molar-refractivity contribution < 1.29 is 4.74 Å². The molecule has 1 aromatic carbocycles. The first kappa shape index (κ1) is 13.1. The van der Waals surface area contributed by atoms with E-state index in [-0.39, 0.29) is 0 Å². The maximum absolute atomic E-state index is 8.12. The Morgan fingerprint density at radius 3 is 2.89 bits per heavy atom. The molecule has 0 aliphatic heterocycles. The summed E-state index contributed by atoms with van der Waals surface area (Å²) in [5.41, 5.74) is 9.00. The van der Waals surface area contributed by atoms with Crippen LogP contribution in [-0.4, -0.2) is 28.0 Å². The largest absolute Gasteiger partial charge is 0.494 e. The number of rotatable bonds is 7. The lowest BCUT2D eigenvalue weighted by atomic mass is 10.3. The zero-order valence-electron chi connectivity index (χ0n) is 9.93. The third kappa shape index (κ3) is 4.41. The average Bonchev–Trinajstić information content (AvgIpc) is 2.93. The second-order valence-electron chi connectivity index (χ2n) is 3.47. The zero-order valence-corrected chi connectivity index (χ0v) is 10.7. The predicted octanol–water partition coefficient (Wildman–Crippen LogP) is 2.76. The van der Waals surface area contributed by atoms with Gasteiger partial charge in [-0.05, 0) is 41.4 Å². The second-order valence-corrected chi connectivity index (χ2v) is 4.21. The normalized spacial score (nSPS) is 9.68. The van der Waals surface area contributed by atoms with Crippen molar-refractivity contribution in [2.45, 2.75) is 6.42 Å². The number of benzene rings is 1. The summed E-state index contributed by atoms with van der Waals surface area (Å²) in [5.74, 6) is 0.766. The Morgan fingerprint density at radius 2 is 2.21 bits per heavy atom. The Hall–Kier alpha value is -2.38. The molecule has 0 spiro atoms. The van der Waals surface area contributed by atoms with Crippen molar-refractivity contribution >= 4 is 22.4 Å². The topological polar surface area (TPSA) is 109 Å². The first-order chi connectivity index (χ1) is 9.38. The summed E-state index contributed by atoms with van der Waals surface area (Å²) < 4.78 is 9.15. The molecule has 0 aliphatic rings. The van der Waals surface area contributed by atoms with E-state index in [1.807, 2.05) is 24.3 Å². The van der Waals surface area contributed by atoms with E-state index in [2.05, 4.69) is 30.1 Å².